The van der Waals surface area contributed by atoms with Gasteiger partial charge in [-0.2, -0.15) is 8.42 Å². The lowest BCUT2D eigenvalue weighted by atomic mass is 9.83. The van der Waals surface area contributed by atoms with E-state index in [0.717, 1.165) is 44.9 Å². The third-order valence-electron chi connectivity index (χ3n) is 13.3. The predicted octanol–water partition coefficient (Wildman–Crippen LogP) is 8.40. The summed E-state index contributed by atoms with van der Waals surface area (Å²) in [5.41, 5.74) is 6.80. The number of unbranched alkanes of at least 4 members (excludes halogenated alkanes) is 2. The number of phenols is 1. The zero-order chi connectivity index (χ0) is 54.0. The zero-order valence-corrected chi connectivity index (χ0v) is 45.2. The highest BCUT2D eigenvalue weighted by atomic mass is 32.2. The van der Waals surface area contributed by atoms with E-state index in [1.165, 1.54) is 12.1 Å². The number of allylic oxidation sites excluding steroid dienone is 7. The van der Waals surface area contributed by atoms with Gasteiger partial charge < -0.3 is 48.2 Å². The smallest absolute Gasteiger partial charge is 0.333 e. The molecule has 3 aromatic rings. The molecule has 3 aliphatic heterocycles. The molecule has 17 nitrogen and oxygen atoms in total. The molecule has 0 unspecified atom stereocenters. The summed E-state index contributed by atoms with van der Waals surface area (Å²) >= 11 is 0. The standard InChI is InChI=1S/C57H75N3O14S/c1-42-41-56(2,3)59(26-27-69-30-31-71-34-35-73-37-36-72-33-32-70-29-28-68-6)50-40-51(61)47(39-46(42)50)44(20-19-43-14-9-7-10-15-43)16-13-17-52-57(4,5)48-38-45(75(65,66)67)21-22-49(48)58(52)25-12-8-11-18-55(64)74-60-53(62)23-24-54(60)63/h7,9-10,13-17,20-22,38-41,61H,8,11-12,18-19,23-37H2,1-6H3,(H,65,66,67)/b16-13+,44-20-,52-17-. The van der Waals surface area contributed by atoms with Gasteiger partial charge in [0.05, 0.1) is 83.1 Å². The molecule has 0 saturated carbocycles. The first kappa shape index (κ1) is 58.6. The van der Waals surface area contributed by atoms with Crippen molar-refractivity contribution < 1.29 is 65.7 Å². The van der Waals surface area contributed by atoms with E-state index in [9.17, 15) is 32.5 Å². The lowest BCUT2D eigenvalue weighted by Crippen LogP contribution is -2.46. The topological polar surface area (TPSA) is 200 Å². The van der Waals surface area contributed by atoms with Gasteiger partial charge in [-0.3, -0.25) is 14.1 Å². The van der Waals surface area contributed by atoms with Gasteiger partial charge in [0.1, 0.15) is 5.75 Å². The number of hydrogen-bond donors (Lipinski definition) is 2. The maximum Gasteiger partial charge on any atom is 0.333 e. The van der Waals surface area contributed by atoms with Gasteiger partial charge >= 0.3 is 5.97 Å². The van der Waals surface area contributed by atoms with Gasteiger partial charge in [0, 0.05) is 79.1 Å². The summed E-state index contributed by atoms with van der Waals surface area (Å²) in [7, 11) is -2.85. The number of carbonyl (C=O) groups excluding carboxylic acids is 3. The summed E-state index contributed by atoms with van der Waals surface area (Å²) in [5.74, 6) is -1.59. The normalized spacial score (nSPS) is 16.8. The van der Waals surface area contributed by atoms with E-state index < -0.39 is 33.3 Å². The maximum atomic E-state index is 12.5. The monoisotopic (exact) mass is 1060 g/mol. The number of amides is 2. The zero-order valence-electron chi connectivity index (χ0n) is 44.3. The van der Waals surface area contributed by atoms with Crippen molar-refractivity contribution in [1.82, 2.24) is 5.06 Å². The van der Waals surface area contributed by atoms with Gasteiger partial charge in [-0.15, -0.1) is 5.06 Å². The lowest BCUT2D eigenvalue weighted by Gasteiger charge is -2.43. The van der Waals surface area contributed by atoms with Crippen molar-refractivity contribution in [3.05, 3.63) is 119 Å². The molecule has 6 rings (SSSR count). The molecule has 2 amide bonds. The third kappa shape index (κ3) is 16.4. The molecule has 0 spiro atoms. The molecule has 3 heterocycles. The van der Waals surface area contributed by atoms with Crippen molar-refractivity contribution in [1.29, 1.82) is 0 Å². The minimum absolute atomic E-state index is 0.0214. The van der Waals surface area contributed by atoms with Crippen LogP contribution in [-0.4, -0.2) is 139 Å². The van der Waals surface area contributed by atoms with E-state index >= 15 is 0 Å². The van der Waals surface area contributed by atoms with Gasteiger partial charge in [-0.25, -0.2) is 4.79 Å². The van der Waals surface area contributed by atoms with Crippen molar-refractivity contribution >= 4 is 50.4 Å². The highest BCUT2D eigenvalue weighted by Crippen LogP contribution is 2.49. The Morgan fingerprint density at radius 1 is 0.747 bits per heavy atom. The fourth-order valence-electron chi connectivity index (χ4n) is 9.46. The second kappa shape index (κ2) is 27.9. The van der Waals surface area contributed by atoms with Gasteiger partial charge in [-0.1, -0.05) is 74.9 Å². The number of aromatic hydroxyl groups is 1. The molecule has 2 N–H and O–H groups in total. The van der Waals surface area contributed by atoms with E-state index in [1.807, 2.05) is 62.4 Å². The van der Waals surface area contributed by atoms with Crippen LogP contribution in [0.4, 0.5) is 11.4 Å². The van der Waals surface area contributed by atoms with Crippen LogP contribution in [0.1, 0.15) is 95.4 Å². The number of fused-ring (bicyclic) bond motifs is 2. The lowest BCUT2D eigenvalue weighted by molar-refractivity contribution is -0.197. The Labute approximate surface area is 442 Å². The van der Waals surface area contributed by atoms with Crippen LogP contribution in [0.25, 0.3) is 11.1 Å². The Kier molecular flexibility index (Phi) is 21.8. The summed E-state index contributed by atoms with van der Waals surface area (Å²) in [6, 6.07) is 18.6. The van der Waals surface area contributed by atoms with Crippen LogP contribution in [0.5, 0.6) is 5.75 Å². The van der Waals surface area contributed by atoms with Crippen molar-refractivity contribution in [2.45, 2.75) is 95.4 Å². The number of benzene rings is 3. The first-order chi connectivity index (χ1) is 35.9. The molecule has 1 saturated heterocycles. The number of imide groups is 1. The number of nitrogens with zero attached hydrogens (tertiary/aromatic N) is 3. The van der Waals surface area contributed by atoms with E-state index in [-0.39, 0.29) is 35.4 Å². The molecule has 3 aromatic carbocycles. The maximum absolute atomic E-state index is 12.5. The Morgan fingerprint density at radius 3 is 1.97 bits per heavy atom. The van der Waals surface area contributed by atoms with Crippen LogP contribution < -0.4 is 9.80 Å². The molecule has 0 aliphatic carbocycles. The second-order valence-corrected chi connectivity index (χ2v) is 21.0. The highest BCUT2D eigenvalue weighted by Gasteiger charge is 2.41. The molecule has 408 valence electrons. The fraction of sp³-hybridized carbons (Fsp3) is 0.491. The quantitative estimate of drug-likeness (QED) is 0.0269. The highest BCUT2D eigenvalue weighted by molar-refractivity contribution is 7.85. The van der Waals surface area contributed by atoms with E-state index in [0.29, 0.717) is 122 Å². The molecule has 0 bridgehead atoms. The van der Waals surface area contributed by atoms with Crippen LogP contribution in [0, 0.1) is 0 Å². The van der Waals surface area contributed by atoms with Crippen molar-refractivity contribution in [2.24, 2.45) is 0 Å². The van der Waals surface area contributed by atoms with Crippen molar-refractivity contribution in [3.8, 4) is 5.75 Å². The number of phenolic OH excluding ortho intramolecular Hbond substituents is 1. The summed E-state index contributed by atoms with van der Waals surface area (Å²) in [6.45, 7) is 16.7. The van der Waals surface area contributed by atoms with Crippen LogP contribution in [0.3, 0.4) is 0 Å². The first-order valence-corrected chi connectivity index (χ1v) is 27.2. The molecule has 0 atom stereocenters. The van der Waals surface area contributed by atoms with Crippen LogP contribution in [0.2, 0.25) is 0 Å². The molecule has 0 radical (unpaired) electrons. The number of anilines is 2. The average Bonchev–Trinajstić information content (AvgIpc) is 3.79. The Balaban J connectivity index is 1.14. The van der Waals surface area contributed by atoms with Crippen LogP contribution in [-0.2, 0) is 69.6 Å². The molecule has 0 aromatic heterocycles. The molecule has 75 heavy (non-hydrogen) atoms. The number of hydrogen-bond acceptors (Lipinski definition) is 15. The number of rotatable bonds is 31. The Morgan fingerprint density at radius 2 is 1.36 bits per heavy atom. The summed E-state index contributed by atoms with van der Waals surface area (Å²) < 4.78 is 67.8. The van der Waals surface area contributed by atoms with Crippen molar-refractivity contribution in [2.75, 3.05) is 103 Å². The first-order valence-electron chi connectivity index (χ1n) is 25.7. The number of ether oxygens (including phenoxy) is 6. The fourth-order valence-corrected chi connectivity index (χ4v) is 9.97. The van der Waals surface area contributed by atoms with Gasteiger partial charge in [0.15, 0.2) is 0 Å². The molecular formula is C57H75N3O14S. The minimum Gasteiger partial charge on any atom is -0.507 e. The van der Waals surface area contributed by atoms with Gasteiger partial charge in [-0.05, 0) is 92.6 Å². The van der Waals surface area contributed by atoms with E-state index in [2.05, 4.69) is 54.9 Å². The Hall–Kier alpha value is -5.70. The number of methoxy groups -OCH3 is 1. The third-order valence-corrected chi connectivity index (χ3v) is 14.2. The summed E-state index contributed by atoms with van der Waals surface area (Å²) in [5, 5.41) is 12.6. The average molecular weight is 1060 g/mol. The van der Waals surface area contributed by atoms with Gasteiger partial charge in [0.2, 0.25) is 0 Å². The van der Waals surface area contributed by atoms with Crippen LogP contribution >= 0.6 is 0 Å². The number of hydroxylamine groups is 2. The largest absolute Gasteiger partial charge is 0.507 e. The molecular weight excluding hydrogens is 983 g/mol. The minimum atomic E-state index is -4.49. The predicted molar refractivity (Wildman–Crippen MR) is 287 cm³/mol. The van der Waals surface area contributed by atoms with Gasteiger partial charge in [0.25, 0.3) is 21.9 Å². The van der Waals surface area contributed by atoms with Crippen LogP contribution in [0.15, 0.2) is 102 Å². The van der Waals surface area contributed by atoms with E-state index in [4.69, 9.17) is 33.3 Å². The SMILES string of the molecule is COCCOCCOCCOCCOCCOCCN1c2cc(O)c(C(=C\Cc3ccccc3)/C=C/C=C3\N(CCCCCC(=O)ON4C(=O)CCC4=O)c4ccc(S(=O)(=O)O)cc4C3(C)C)cc2C(C)=CC1(C)C. The second-order valence-electron chi connectivity index (χ2n) is 19.6. The summed E-state index contributed by atoms with van der Waals surface area (Å²) in [6.07, 6.45) is 12.6. The van der Waals surface area contributed by atoms with E-state index in [1.54, 1.807) is 13.2 Å². The molecule has 18 heteroatoms. The Bertz CT molecular complexity index is 2650. The molecule has 1 fully saturated rings. The molecule has 3 aliphatic rings. The summed E-state index contributed by atoms with van der Waals surface area (Å²) in [4.78, 5) is 45.6. The number of carbonyl (C=O) groups is 3. The van der Waals surface area contributed by atoms with Crippen molar-refractivity contribution in [3.63, 3.8) is 0 Å².